The number of nitrogens with one attached hydrogen (secondary N) is 1. The lowest BCUT2D eigenvalue weighted by atomic mass is 10.0. The van der Waals surface area contributed by atoms with Crippen molar-refractivity contribution in [3.8, 4) is 0 Å². The minimum atomic E-state index is -1.16. The molecule has 0 bridgehead atoms. The Kier molecular flexibility index (Phi) is 5.23. The normalized spacial score (nSPS) is 12.6. The van der Waals surface area contributed by atoms with Gasteiger partial charge in [-0.2, -0.15) is 12.6 Å². The van der Waals surface area contributed by atoms with E-state index in [1.54, 1.807) is 13.8 Å². The molecule has 0 radical (unpaired) electrons. The number of carbonyl (C=O) groups excluding carboxylic acids is 1. The lowest BCUT2D eigenvalue weighted by Gasteiger charge is -2.26. The maximum absolute atomic E-state index is 11.5. The van der Waals surface area contributed by atoms with Gasteiger partial charge < -0.3 is 15.2 Å². The summed E-state index contributed by atoms with van der Waals surface area (Å²) in [5.74, 6) is -1.16. The van der Waals surface area contributed by atoms with Gasteiger partial charge in [0.2, 0.25) is 0 Å². The van der Waals surface area contributed by atoms with Crippen molar-refractivity contribution >= 4 is 24.7 Å². The molecule has 0 aromatic heterocycles. The van der Waals surface area contributed by atoms with Gasteiger partial charge >= 0.3 is 12.1 Å². The third kappa shape index (κ3) is 5.21. The summed E-state index contributed by atoms with van der Waals surface area (Å²) in [5, 5.41) is 11.3. The van der Waals surface area contributed by atoms with E-state index in [2.05, 4.69) is 17.9 Å². The van der Waals surface area contributed by atoms with Crippen LogP contribution >= 0.6 is 12.6 Å². The first-order valence-corrected chi connectivity index (χ1v) is 6.18. The fourth-order valence-electron chi connectivity index (χ4n) is 1.42. The number of carbonyl (C=O) groups is 2. The van der Waals surface area contributed by atoms with E-state index in [0.717, 1.165) is 5.56 Å². The number of ether oxygens (including phenoxy) is 1. The van der Waals surface area contributed by atoms with Gasteiger partial charge in [0.15, 0.2) is 0 Å². The topological polar surface area (TPSA) is 75.6 Å². The number of alkyl carbamates (subject to hydrolysis) is 1. The lowest BCUT2D eigenvalue weighted by Crippen LogP contribution is -2.51. The van der Waals surface area contributed by atoms with Crippen LogP contribution in [0, 0.1) is 0 Å². The van der Waals surface area contributed by atoms with Crippen LogP contribution < -0.4 is 5.32 Å². The molecule has 104 valence electrons. The monoisotopic (exact) mass is 283 g/mol. The minimum absolute atomic E-state index is 0.0893. The molecule has 1 unspecified atom stereocenters. The van der Waals surface area contributed by atoms with Gasteiger partial charge in [0.25, 0.3) is 0 Å². The number of rotatable bonds is 5. The second-order valence-corrected chi connectivity index (χ2v) is 5.78. The predicted molar refractivity (Wildman–Crippen MR) is 74.3 cm³/mol. The van der Waals surface area contributed by atoms with Gasteiger partial charge in [-0.15, -0.1) is 0 Å². The van der Waals surface area contributed by atoms with E-state index in [1.807, 2.05) is 30.3 Å². The van der Waals surface area contributed by atoms with Gasteiger partial charge in [-0.1, -0.05) is 30.3 Å². The van der Waals surface area contributed by atoms with Gasteiger partial charge in [0.05, 0.1) is 0 Å². The molecule has 1 atom stereocenters. The van der Waals surface area contributed by atoms with Crippen molar-refractivity contribution in [1.29, 1.82) is 0 Å². The molecule has 1 aromatic rings. The van der Waals surface area contributed by atoms with E-state index >= 15 is 0 Å². The highest BCUT2D eigenvalue weighted by molar-refractivity contribution is 7.81. The number of aliphatic carboxylic acids is 1. The summed E-state index contributed by atoms with van der Waals surface area (Å²) in [6, 6.07) is 8.00. The van der Waals surface area contributed by atoms with Crippen LogP contribution in [0.2, 0.25) is 0 Å². The lowest BCUT2D eigenvalue weighted by molar-refractivity contribution is -0.140. The van der Waals surface area contributed by atoms with Crippen LogP contribution in [-0.4, -0.2) is 28.0 Å². The van der Waals surface area contributed by atoms with Crippen molar-refractivity contribution < 1.29 is 19.4 Å². The smallest absolute Gasteiger partial charge is 0.408 e. The zero-order valence-electron chi connectivity index (χ0n) is 10.8. The Labute approximate surface area is 117 Å². The molecule has 0 aliphatic heterocycles. The average molecular weight is 283 g/mol. The fourth-order valence-corrected chi connectivity index (χ4v) is 1.60. The number of amides is 1. The van der Waals surface area contributed by atoms with E-state index in [9.17, 15) is 9.59 Å². The quantitative estimate of drug-likeness (QED) is 0.723. The summed E-state index contributed by atoms with van der Waals surface area (Å²) >= 11 is 4.15. The summed E-state index contributed by atoms with van der Waals surface area (Å²) in [5.41, 5.74) is 0.828. The van der Waals surface area contributed by atoms with Gasteiger partial charge in [-0.3, -0.25) is 0 Å². The summed E-state index contributed by atoms with van der Waals surface area (Å²) in [4.78, 5) is 22.6. The molecule has 0 spiro atoms. The second kappa shape index (κ2) is 6.47. The van der Waals surface area contributed by atoms with E-state index in [4.69, 9.17) is 9.84 Å². The molecule has 1 amide bonds. The number of thiol groups is 1. The molecule has 0 saturated carbocycles. The molecule has 1 aromatic carbocycles. The van der Waals surface area contributed by atoms with E-state index in [1.165, 1.54) is 0 Å². The first kappa shape index (κ1) is 15.4. The average Bonchev–Trinajstić information content (AvgIpc) is 2.33. The Morgan fingerprint density at radius 2 is 1.95 bits per heavy atom. The molecule has 6 heteroatoms. The zero-order valence-corrected chi connectivity index (χ0v) is 11.7. The summed E-state index contributed by atoms with van der Waals surface area (Å²) in [6.07, 6.45) is -0.779. The van der Waals surface area contributed by atoms with Crippen LogP contribution in [0.15, 0.2) is 30.3 Å². The standard InChI is InChI=1S/C13H17NO4S/c1-13(2,19)10(11(15)16)14-12(17)18-8-9-6-4-3-5-7-9/h3-7,10,19H,8H2,1-2H3,(H,14,17)(H,15,16). The van der Waals surface area contributed by atoms with E-state index in [0.29, 0.717) is 0 Å². The number of benzene rings is 1. The van der Waals surface area contributed by atoms with Crippen LogP contribution in [0.5, 0.6) is 0 Å². The number of hydrogen-bond donors (Lipinski definition) is 3. The molecule has 0 aliphatic rings. The molecule has 0 saturated heterocycles. The fraction of sp³-hybridized carbons (Fsp3) is 0.385. The van der Waals surface area contributed by atoms with Crippen LogP contribution in [0.25, 0.3) is 0 Å². The minimum Gasteiger partial charge on any atom is -0.480 e. The molecule has 0 heterocycles. The van der Waals surface area contributed by atoms with Gasteiger partial charge in [-0.05, 0) is 19.4 Å². The Morgan fingerprint density at radius 1 is 1.37 bits per heavy atom. The van der Waals surface area contributed by atoms with Crippen molar-refractivity contribution in [3.05, 3.63) is 35.9 Å². The molecule has 19 heavy (non-hydrogen) atoms. The third-order valence-electron chi connectivity index (χ3n) is 2.43. The maximum atomic E-state index is 11.5. The Morgan fingerprint density at radius 3 is 2.42 bits per heavy atom. The van der Waals surface area contributed by atoms with Crippen LogP contribution in [0.3, 0.4) is 0 Å². The highest BCUT2D eigenvalue weighted by Crippen LogP contribution is 2.18. The van der Waals surface area contributed by atoms with Crippen molar-refractivity contribution in [1.82, 2.24) is 5.32 Å². The Balaban J connectivity index is 2.52. The molecule has 0 aliphatic carbocycles. The van der Waals surface area contributed by atoms with Crippen LogP contribution in [0.1, 0.15) is 19.4 Å². The molecule has 5 nitrogen and oxygen atoms in total. The summed E-state index contributed by atoms with van der Waals surface area (Å²) < 4.78 is 4.07. The number of carboxylic acid groups (broad SMARTS) is 1. The second-order valence-electron chi connectivity index (χ2n) is 4.63. The Hall–Kier alpha value is -1.69. The molecule has 1 rings (SSSR count). The first-order valence-electron chi connectivity index (χ1n) is 5.73. The largest absolute Gasteiger partial charge is 0.480 e. The van der Waals surface area contributed by atoms with Crippen molar-refractivity contribution in [2.75, 3.05) is 0 Å². The maximum Gasteiger partial charge on any atom is 0.408 e. The van der Waals surface area contributed by atoms with Gasteiger partial charge in [-0.25, -0.2) is 9.59 Å². The first-order chi connectivity index (χ1) is 8.80. The third-order valence-corrected chi connectivity index (χ3v) is 2.69. The molecular formula is C13H17NO4S. The van der Waals surface area contributed by atoms with Crippen molar-refractivity contribution in [3.63, 3.8) is 0 Å². The van der Waals surface area contributed by atoms with Crippen LogP contribution in [0.4, 0.5) is 4.79 Å². The molecule has 0 fully saturated rings. The molecule has 2 N–H and O–H groups in total. The van der Waals surface area contributed by atoms with Gasteiger partial charge in [0.1, 0.15) is 12.6 Å². The van der Waals surface area contributed by atoms with Crippen molar-refractivity contribution in [2.24, 2.45) is 0 Å². The zero-order chi connectivity index (χ0) is 14.5. The highest BCUT2D eigenvalue weighted by Gasteiger charge is 2.34. The molecular weight excluding hydrogens is 266 g/mol. The summed E-state index contributed by atoms with van der Waals surface area (Å²) in [6.45, 7) is 3.30. The van der Waals surface area contributed by atoms with Gasteiger partial charge in [0, 0.05) is 4.75 Å². The SMILES string of the molecule is CC(C)(S)C(NC(=O)OCc1ccccc1)C(=O)O. The highest BCUT2D eigenvalue weighted by atomic mass is 32.1. The predicted octanol–water partition coefficient (Wildman–Crippen LogP) is 2.07. The van der Waals surface area contributed by atoms with Crippen molar-refractivity contribution in [2.45, 2.75) is 31.2 Å². The number of carboxylic acids is 1. The van der Waals surface area contributed by atoms with E-state index in [-0.39, 0.29) is 6.61 Å². The van der Waals surface area contributed by atoms with E-state index < -0.39 is 22.9 Å². The van der Waals surface area contributed by atoms with Crippen LogP contribution in [-0.2, 0) is 16.1 Å². The summed E-state index contributed by atoms with van der Waals surface area (Å²) in [7, 11) is 0. The number of hydrogen-bond acceptors (Lipinski definition) is 4. The Bertz CT molecular complexity index is 442.